The van der Waals surface area contributed by atoms with Crippen LogP contribution in [0.4, 0.5) is 13.2 Å². The highest BCUT2D eigenvalue weighted by atomic mass is 35.5. The molecule has 1 aromatic heterocycles. The van der Waals surface area contributed by atoms with Gasteiger partial charge in [0.05, 0.1) is 10.7 Å². The molecule has 102 valence electrons. The van der Waals surface area contributed by atoms with Crippen LogP contribution in [0.3, 0.4) is 0 Å². The summed E-state index contributed by atoms with van der Waals surface area (Å²) in [7, 11) is 0. The number of hydrogen-bond acceptors (Lipinski definition) is 1. The number of rotatable bonds is 1. The molecule has 2 aromatic rings. The van der Waals surface area contributed by atoms with E-state index in [-0.39, 0.29) is 15.7 Å². The summed E-state index contributed by atoms with van der Waals surface area (Å²) in [5.74, 6) is 0. The minimum atomic E-state index is -4.77. The average Bonchev–Trinajstić information content (AvgIpc) is 2.59. The van der Waals surface area contributed by atoms with Crippen LogP contribution in [0.25, 0.3) is 5.69 Å². The Morgan fingerprint density at radius 2 is 1.79 bits per heavy atom. The molecule has 2 rings (SSSR count). The molecular weight excluding hydrogens is 327 g/mol. The van der Waals surface area contributed by atoms with Crippen molar-refractivity contribution in [2.45, 2.75) is 6.18 Å². The zero-order valence-electron chi connectivity index (χ0n) is 8.86. The number of nitrogens with zero attached hydrogens (tertiary/aromatic N) is 1. The van der Waals surface area contributed by atoms with Crippen molar-refractivity contribution in [3.05, 3.63) is 49.3 Å². The van der Waals surface area contributed by atoms with Gasteiger partial charge in [0.1, 0.15) is 5.02 Å². The zero-order chi connectivity index (χ0) is 14.4. The van der Waals surface area contributed by atoms with Gasteiger partial charge in [-0.15, -0.1) is 0 Å². The van der Waals surface area contributed by atoms with E-state index in [1.165, 1.54) is 18.2 Å². The number of H-pyrrole nitrogens is 1. The van der Waals surface area contributed by atoms with Crippen molar-refractivity contribution in [3.63, 3.8) is 0 Å². The molecule has 0 fully saturated rings. The van der Waals surface area contributed by atoms with Crippen molar-refractivity contribution in [2.75, 3.05) is 0 Å². The van der Waals surface area contributed by atoms with Gasteiger partial charge < -0.3 is 0 Å². The van der Waals surface area contributed by atoms with Crippen LogP contribution < -0.4 is 5.56 Å². The van der Waals surface area contributed by atoms with Crippen molar-refractivity contribution in [2.24, 2.45) is 0 Å². The Bertz CT molecular complexity index is 690. The van der Waals surface area contributed by atoms with E-state index in [4.69, 9.17) is 34.8 Å². The Kier molecular flexibility index (Phi) is 3.59. The zero-order valence-corrected chi connectivity index (χ0v) is 11.1. The van der Waals surface area contributed by atoms with E-state index in [2.05, 4.69) is 0 Å². The molecule has 0 aliphatic carbocycles. The van der Waals surface area contributed by atoms with Crippen molar-refractivity contribution in [1.29, 1.82) is 0 Å². The summed E-state index contributed by atoms with van der Waals surface area (Å²) in [4.78, 5) is 11.7. The van der Waals surface area contributed by atoms with Gasteiger partial charge in [-0.05, 0) is 18.2 Å². The topological polar surface area (TPSA) is 37.8 Å². The molecule has 0 saturated carbocycles. The van der Waals surface area contributed by atoms with Gasteiger partial charge in [0.15, 0.2) is 5.69 Å². The molecule has 1 heterocycles. The number of halogens is 6. The molecule has 0 atom stereocenters. The van der Waals surface area contributed by atoms with Crippen LogP contribution in [0.15, 0.2) is 23.0 Å². The third-order valence-corrected chi connectivity index (χ3v) is 3.17. The number of aromatic amines is 1. The van der Waals surface area contributed by atoms with E-state index in [9.17, 15) is 18.0 Å². The molecule has 0 spiro atoms. The molecular formula is C10H4Cl3F3N2O. The first-order valence-corrected chi connectivity index (χ1v) is 5.88. The molecule has 0 unspecified atom stereocenters. The molecule has 9 heteroatoms. The number of aromatic nitrogens is 2. The Hall–Kier alpha value is -1.11. The molecule has 0 aliphatic rings. The molecule has 3 nitrogen and oxygen atoms in total. The highest BCUT2D eigenvalue weighted by Gasteiger charge is 2.37. The van der Waals surface area contributed by atoms with Gasteiger partial charge in [0.2, 0.25) is 0 Å². The lowest BCUT2D eigenvalue weighted by molar-refractivity contribution is -0.141. The lowest BCUT2D eigenvalue weighted by atomic mass is 10.3. The number of hydrogen-bond donors (Lipinski definition) is 1. The second-order valence-corrected chi connectivity index (χ2v) is 4.76. The molecule has 0 amide bonds. The van der Waals surface area contributed by atoms with E-state index in [0.717, 1.165) is 0 Å². The molecule has 1 aromatic carbocycles. The van der Waals surface area contributed by atoms with Crippen LogP contribution in [0.2, 0.25) is 15.1 Å². The first kappa shape index (κ1) is 14.3. The fourth-order valence-electron chi connectivity index (χ4n) is 1.43. The smallest absolute Gasteiger partial charge is 0.285 e. The Morgan fingerprint density at radius 1 is 1.16 bits per heavy atom. The van der Waals surface area contributed by atoms with Crippen LogP contribution >= 0.6 is 34.8 Å². The monoisotopic (exact) mass is 330 g/mol. The predicted octanol–water partition coefficient (Wildman–Crippen LogP) is 4.14. The van der Waals surface area contributed by atoms with Crippen molar-refractivity contribution >= 4 is 34.8 Å². The van der Waals surface area contributed by atoms with Gasteiger partial charge in [-0.1, -0.05) is 34.8 Å². The van der Waals surface area contributed by atoms with E-state index in [1.54, 1.807) is 0 Å². The van der Waals surface area contributed by atoms with Gasteiger partial charge in [-0.2, -0.15) is 13.2 Å². The Labute approximate surface area is 119 Å². The summed E-state index contributed by atoms with van der Waals surface area (Å²) < 4.78 is 38.4. The van der Waals surface area contributed by atoms with Gasteiger partial charge >= 0.3 is 6.18 Å². The van der Waals surface area contributed by atoms with Crippen molar-refractivity contribution in [3.8, 4) is 5.69 Å². The summed E-state index contributed by atoms with van der Waals surface area (Å²) in [6, 6.07) is 4.04. The van der Waals surface area contributed by atoms with Crippen LogP contribution in [-0.2, 0) is 6.18 Å². The first-order valence-electron chi connectivity index (χ1n) is 4.75. The highest BCUT2D eigenvalue weighted by Crippen LogP contribution is 2.32. The lowest BCUT2D eigenvalue weighted by Crippen LogP contribution is -2.14. The summed E-state index contributed by atoms with van der Waals surface area (Å²) in [6.07, 6.45) is -4.77. The second-order valence-electron chi connectivity index (χ2n) is 3.53. The highest BCUT2D eigenvalue weighted by molar-refractivity contribution is 6.34. The van der Waals surface area contributed by atoms with Crippen LogP contribution in [0, 0.1) is 0 Å². The van der Waals surface area contributed by atoms with Gasteiger partial charge in [0.25, 0.3) is 5.56 Å². The van der Waals surface area contributed by atoms with Gasteiger partial charge in [-0.3, -0.25) is 9.89 Å². The fourth-order valence-corrected chi connectivity index (χ4v) is 2.03. The largest absolute Gasteiger partial charge is 0.434 e. The summed E-state index contributed by atoms with van der Waals surface area (Å²) >= 11 is 16.9. The molecule has 0 bridgehead atoms. The summed E-state index contributed by atoms with van der Waals surface area (Å²) in [5.41, 5.74) is -2.41. The maximum Gasteiger partial charge on any atom is 0.434 e. The molecule has 0 aliphatic heterocycles. The standard InChI is InChI=1S/C10H4Cl3F3N2O/c11-4-1-2-5(12)6(3-4)18-9(19)7(13)8(17-18)10(14,15)16/h1-3,17H. The molecule has 19 heavy (non-hydrogen) atoms. The minimum Gasteiger partial charge on any atom is -0.285 e. The summed E-state index contributed by atoms with van der Waals surface area (Å²) in [6.45, 7) is 0. The Balaban J connectivity index is 2.71. The maximum absolute atomic E-state index is 12.6. The van der Waals surface area contributed by atoms with Gasteiger partial charge in [-0.25, -0.2) is 4.68 Å². The van der Waals surface area contributed by atoms with E-state index in [0.29, 0.717) is 4.68 Å². The molecule has 1 N–H and O–H groups in total. The van der Waals surface area contributed by atoms with Crippen LogP contribution in [0.5, 0.6) is 0 Å². The summed E-state index contributed by atoms with van der Waals surface area (Å²) in [5, 5.41) is 1.19. The predicted molar refractivity (Wildman–Crippen MR) is 66.4 cm³/mol. The van der Waals surface area contributed by atoms with Crippen LogP contribution in [0.1, 0.15) is 5.69 Å². The number of alkyl halides is 3. The quantitative estimate of drug-likeness (QED) is 0.838. The van der Waals surface area contributed by atoms with Crippen LogP contribution in [-0.4, -0.2) is 9.78 Å². The lowest BCUT2D eigenvalue weighted by Gasteiger charge is -2.06. The second kappa shape index (κ2) is 4.77. The van der Waals surface area contributed by atoms with E-state index in [1.807, 2.05) is 5.10 Å². The molecule has 0 radical (unpaired) electrons. The average molecular weight is 332 g/mol. The SMILES string of the molecule is O=c1c(Cl)c(C(F)(F)F)[nH]n1-c1cc(Cl)ccc1Cl. The van der Waals surface area contributed by atoms with Crippen molar-refractivity contribution < 1.29 is 13.2 Å². The normalized spacial score (nSPS) is 11.9. The molecule has 0 saturated heterocycles. The fraction of sp³-hybridized carbons (Fsp3) is 0.100. The Morgan fingerprint density at radius 3 is 2.32 bits per heavy atom. The van der Waals surface area contributed by atoms with Gasteiger partial charge in [0, 0.05) is 5.02 Å². The minimum absolute atomic E-state index is 0.0171. The number of nitrogens with one attached hydrogen (secondary N) is 1. The maximum atomic E-state index is 12.6. The first-order chi connectivity index (χ1) is 8.71. The van der Waals surface area contributed by atoms with Crippen molar-refractivity contribution in [1.82, 2.24) is 9.78 Å². The third-order valence-electron chi connectivity index (χ3n) is 2.27. The number of benzene rings is 1. The van der Waals surface area contributed by atoms with E-state index >= 15 is 0 Å². The third kappa shape index (κ3) is 2.61. The van der Waals surface area contributed by atoms with E-state index < -0.39 is 22.5 Å².